The first-order valence-corrected chi connectivity index (χ1v) is 12.1. The normalized spacial score (nSPS) is 13.0. The second-order valence-corrected chi connectivity index (χ2v) is 10.4. The Morgan fingerprint density at radius 2 is 1.52 bits per heavy atom. The van der Waals surface area contributed by atoms with Crippen LogP contribution in [0.4, 0.5) is 0 Å². The predicted molar refractivity (Wildman–Crippen MR) is 109 cm³/mol. The molecule has 0 N–H and O–H groups in total. The maximum Gasteiger partial charge on any atom is 0.281 e. The zero-order valence-electron chi connectivity index (χ0n) is 15.1. The first-order chi connectivity index (χ1) is 12.1. The summed E-state index contributed by atoms with van der Waals surface area (Å²) < 4.78 is 29.9. The molecule has 0 aliphatic rings. The van der Waals surface area contributed by atoms with Gasteiger partial charge in [-0.25, -0.2) is 0 Å². The average Bonchev–Trinajstić information content (AvgIpc) is 2.64. The number of sulfonamides is 1. The lowest BCUT2D eigenvalue weighted by atomic mass is 10.1. The van der Waals surface area contributed by atoms with Gasteiger partial charge in [0.15, 0.2) is 0 Å². The van der Waals surface area contributed by atoms with Crippen molar-refractivity contribution in [2.75, 3.05) is 6.16 Å². The van der Waals surface area contributed by atoms with Crippen molar-refractivity contribution < 1.29 is 8.42 Å². The summed E-state index contributed by atoms with van der Waals surface area (Å²) in [5.41, 5.74) is 1.18. The van der Waals surface area contributed by atoms with E-state index in [1.165, 1.54) is 5.56 Å². The van der Waals surface area contributed by atoms with Crippen molar-refractivity contribution in [2.24, 2.45) is 4.15 Å². The van der Waals surface area contributed by atoms with E-state index in [9.17, 15) is 8.42 Å². The van der Waals surface area contributed by atoms with Gasteiger partial charge in [-0.1, -0.05) is 69.2 Å². The SMILES string of the molecule is CCCCc1ccc(S(=O)(=O)/N=[PH](/CCCC)c2ccccc2)cc1. The van der Waals surface area contributed by atoms with Crippen molar-refractivity contribution in [3.63, 3.8) is 0 Å². The third kappa shape index (κ3) is 6.13. The maximum atomic E-state index is 12.8. The molecule has 0 saturated carbocycles. The Morgan fingerprint density at radius 1 is 0.880 bits per heavy atom. The van der Waals surface area contributed by atoms with E-state index in [0.29, 0.717) is 4.90 Å². The van der Waals surface area contributed by atoms with E-state index in [1.807, 2.05) is 42.5 Å². The molecule has 3 nitrogen and oxygen atoms in total. The molecule has 0 fully saturated rings. The zero-order valence-corrected chi connectivity index (χ0v) is 16.9. The molecule has 0 bridgehead atoms. The van der Waals surface area contributed by atoms with Gasteiger partial charge in [-0.3, -0.25) is 0 Å². The molecule has 0 heterocycles. The summed E-state index contributed by atoms with van der Waals surface area (Å²) >= 11 is 0. The summed E-state index contributed by atoms with van der Waals surface area (Å²) in [6, 6.07) is 17.1. The average molecular weight is 377 g/mol. The Labute approximate surface area is 153 Å². The van der Waals surface area contributed by atoms with E-state index in [4.69, 9.17) is 0 Å². The molecule has 0 radical (unpaired) electrons. The molecule has 1 unspecified atom stereocenters. The van der Waals surface area contributed by atoms with Crippen molar-refractivity contribution in [1.82, 2.24) is 0 Å². The molecule has 1 atom stereocenters. The van der Waals surface area contributed by atoms with Gasteiger partial charge in [0, 0.05) is 7.71 Å². The topological polar surface area (TPSA) is 46.5 Å². The van der Waals surface area contributed by atoms with Crippen LogP contribution in [0, 0.1) is 0 Å². The van der Waals surface area contributed by atoms with Gasteiger partial charge >= 0.3 is 0 Å². The van der Waals surface area contributed by atoms with Crippen LogP contribution < -0.4 is 5.30 Å². The van der Waals surface area contributed by atoms with E-state index >= 15 is 0 Å². The lowest BCUT2D eigenvalue weighted by Crippen LogP contribution is -2.02. The molecule has 25 heavy (non-hydrogen) atoms. The van der Waals surface area contributed by atoms with E-state index in [-0.39, 0.29) is 0 Å². The first-order valence-electron chi connectivity index (χ1n) is 9.05. The molecule has 2 rings (SSSR count). The summed E-state index contributed by atoms with van der Waals surface area (Å²) in [5.74, 6) is 0. The molecule has 0 amide bonds. The smallest absolute Gasteiger partial charge is 0.199 e. The van der Waals surface area contributed by atoms with Gasteiger partial charge in [0.25, 0.3) is 10.0 Å². The quantitative estimate of drug-likeness (QED) is 0.561. The highest BCUT2D eigenvalue weighted by Gasteiger charge is 2.14. The number of benzene rings is 2. The second-order valence-electron chi connectivity index (χ2n) is 6.23. The standard InChI is InChI=1S/C20H28NO2PS/c1-3-5-10-18-13-15-20(16-14-18)25(22,23)21-24(17-6-4-2)19-11-8-7-9-12-19/h7-9,11-16,24H,3-6,10,17H2,1-2H3. The summed E-state index contributed by atoms with van der Waals surface area (Å²) in [6.07, 6.45) is 6.13. The molecule has 0 saturated heterocycles. The monoisotopic (exact) mass is 377 g/mol. The van der Waals surface area contributed by atoms with E-state index in [0.717, 1.165) is 43.6 Å². The van der Waals surface area contributed by atoms with Gasteiger partial charge in [0.1, 0.15) is 0 Å². The van der Waals surface area contributed by atoms with Crippen molar-refractivity contribution in [1.29, 1.82) is 0 Å². The predicted octanol–water partition coefficient (Wildman–Crippen LogP) is 5.24. The third-order valence-corrected chi connectivity index (χ3v) is 8.68. The molecule has 0 spiro atoms. The van der Waals surface area contributed by atoms with Crippen molar-refractivity contribution in [3.8, 4) is 0 Å². The van der Waals surface area contributed by atoms with Gasteiger partial charge in [-0.2, -0.15) is 12.6 Å². The molecule has 2 aromatic carbocycles. The van der Waals surface area contributed by atoms with Crippen LogP contribution in [0.5, 0.6) is 0 Å². The maximum absolute atomic E-state index is 12.8. The lowest BCUT2D eigenvalue weighted by molar-refractivity contribution is 0.598. The van der Waals surface area contributed by atoms with Gasteiger partial charge in [0.05, 0.1) is 4.90 Å². The van der Waals surface area contributed by atoms with Crippen LogP contribution >= 0.6 is 7.71 Å². The second kappa shape index (κ2) is 9.94. The Kier molecular flexibility index (Phi) is 7.92. The fraction of sp³-hybridized carbons (Fsp3) is 0.400. The fourth-order valence-corrected chi connectivity index (χ4v) is 7.03. The van der Waals surface area contributed by atoms with Crippen LogP contribution in [0.25, 0.3) is 0 Å². The minimum Gasteiger partial charge on any atom is -0.199 e. The summed E-state index contributed by atoms with van der Waals surface area (Å²) in [6.45, 7) is 4.27. The van der Waals surface area contributed by atoms with Crippen molar-refractivity contribution in [3.05, 3.63) is 60.2 Å². The minimum absolute atomic E-state index is 0.308. The van der Waals surface area contributed by atoms with Crippen LogP contribution in [-0.4, -0.2) is 14.6 Å². The Morgan fingerprint density at radius 3 is 2.12 bits per heavy atom. The van der Waals surface area contributed by atoms with Crippen LogP contribution in [0.15, 0.2) is 63.6 Å². The summed E-state index contributed by atoms with van der Waals surface area (Å²) in [4.78, 5) is 0.308. The number of hydrogen-bond donors (Lipinski definition) is 0. The Hall–Kier alpha value is -1.38. The first kappa shape index (κ1) is 19.9. The van der Waals surface area contributed by atoms with E-state index in [2.05, 4.69) is 18.0 Å². The fourth-order valence-electron chi connectivity index (χ4n) is 2.62. The number of hydrogen-bond acceptors (Lipinski definition) is 2. The highest BCUT2D eigenvalue weighted by molar-refractivity contribution is 7.93. The lowest BCUT2D eigenvalue weighted by Gasteiger charge is -2.09. The molecular weight excluding hydrogens is 349 g/mol. The summed E-state index contributed by atoms with van der Waals surface area (Å²) in [7, 11) is -5.08. The van der Waals surface area contributed by atoms with Crippen molar-refractivity contribution in [2.45, 2.75) is 50.8 Å². The third-order valence-electron chi connectivity index (χ3n) is 4.14. The van der Waals surface area contributed by atoms with Crippen molar-refractivity contribution >= 4 is 23.0 Å². The van der Waals surface area contributed by atoms with E-state index in [1.54, 1.807) is 12.1 Å². The van der Waals surface area contributed by atoms with Crippen LogP contribution in [-0.2, 0) is 16.4 Å². The molecule has 136 valence electrons. The Balaban J connectivity index is 2.30. The van der Waals surface area contributed by atoms with Gasteiger partial charge in [-0.15, -0.1) is 0 Å². The molecule has 0 aromatic heterocycles. The van der Waals surface area contributed by atoms with Crippen LogP contribution in [0.2, 0.25) is 0 Å². The minimum atomic E-state index is -3.61. The number of aryl methyl sites for hydroxylation is 1. The molecular formula is C20H28NO2PS. The number of unbranched alkanes of at least 4 members (excludes halogenated alkanes) is 2. The highest BCUT2D eigenvalue weighted by atomic mass is 32.2. The summed E-state index contributed by atoms with van der Waals surface area (Å²) in [5, 5.41) is 1.06. The highest BCUT2D eigenvalue weighted by Crippen LogP contribution is 2.31. The number of rotatable bonds is 9. The Bertz CT molecular complexity index is 784. The molecule has 0 aliphatic carbocycles. The number of nitrogens with zero attached hydrogens (tertiary/aromatic N) is 1. The zero-order chi connectivity index (χ0) is 18.1. The molecule has 0 aliphatic heterocycles. The van der Waals surface area contributed by atoms with Gasteiger partial charge < -0.3 is 0 Å². The molecule has 5 heteroatoms. The van der Waals surface area contributed by atoms with Crippen LogP contribution in [0.3, 0.4) is 0 Å². The molecule has 2 aromatic rings. The largest absolute Gasteiger partial charge is 0.281 e. The van der Waals surface area contributed by atoms with E-state index < -0.39 is 17.7 Å². The van der Waals surface area contributed by atoms with Gasteiger partial charge in [0.2, 0.25) is 0 Å². The van der Waals surface area contributed by atoms with Crippen LogP contribution in [0.1, 0.15) is 45.1 Å². The van der Waals surface area contributed by atoms with Gasteiger partial charge in [-0.05, 0) is 48.4 Å².